The summed E-state index contributed by atoms with van der Waals surface area (Å²) in [5.74, 6) is 0.456. The van der Waals surface area contributed by atoms with E-state index in [2.05, 4.69) is 0 Å². The van der Waals surface area contributed by atoms with Crippen molar-refractivity contribution in [1.29, 1.82) is 5.26 Å². The third-order valence-electron chi connectivity index (χ3n) is 2.91. The van der Waals surface area contributed by atoms with Gasteiger partial charge in [0.25, 0.3) is 10.0 Å². The molecule has 21 heavy (non-hydrogen) atoms. The topological polar surface area (TPSA) is 70.4 Å². The van der Waals surface area contributed by atoms with Gasteiger partial charge in [0.15, 0.2) is 6.61 Å². The minimum absolute atomic E-state index is 0.0734. The average Bonchev–Trinajstić information content (AvgIpc) is 2.53. The Morgan fingerprint density at radius 3 is 2.29 bits per heavy atom. The molecule has 0 saturated carbocycles. The average molecular weight is 302 g/mol. The molecular formula is C15H14N2O3S. The Labute approximate surface area is 124 Å². The summed E-state index contributed by atoms with van der Waals surface area (Å²) in [6.45, 7) is -0.0734. The van der Waals surface area contributed by atoms with Crippen LogP contribution in [0.5, 0.6) is 5.75 Å². The molecule has 0 amide bonds. The van der Waals surface area contributed by atoms with Crippen molar-refractivity contribution < 1.29 is 13.2 Å². The van der Waals surface area contributed by atoms with Gasteiger partial charge in [0.1, 0.15) is 11.8 Å². The number of rotatable bonds is 5. The summed E-state index contributed by atoms with van der Waals surface area (Å²) in [4.78, 5) is 0.165. The predicted molar refractivity (Wildman–Crippen MR) is 79.6 cm³/mol. The Bertz CT molecular complexity index is 735. The van der Waals surface area contributed by atoms with Gasteiger partial charge in [-0.2, -0.15) is 5.26 Å². The van der Waals surface area contributed by atoms with Crippen LogP contribution in [0.3, 0.4) is 0 Å². The largest absolute Gasteiger partial charge is 0.479 e. The van der Waals surface area contributed by atoms with E-state index >= 15 is 0 Å². The highest BCUT2D eigenvalue weighted by Gasteiger charge is 2.20. The van der Waals surface area contributed by atoms with Crippen LogP contribution in [0.1, 0.15) is 0 Å². The number of ether oxygens (including phenoxy) is 1. The zero-order valence-electron chi connectivity index (χ0n) is 11.4. The second-order valence-electron chi connectivity index (χ2n) is 4.23. The van der Waals surface area contributed by atoms with Crippen molar-refractivity contribution in [3.63, 3.8) is 0 Å². The van der Waals surface area contributed by atoms with Gasteiger partial charge in [-0.15, -0.1) is 0 Å². The Morgan fingerprint density at radius 1 is 1.10 bits per heavy atom. The number of nitriles is 1. The molecule has 6 heteroatoms. The molecule has 0 saturated heterocycles. The highest BCUT2D eigenvalue weighted by atomic mass is 32.2. The van der Waals surface area contributed by atoms with E-state index in [1.807, 2.05) is 12.1 Å². The van der Waals surface area contributed by atoms with Crippen molar-refractivity contribution in [1.82, 2.24) is 0 Å². The number of nitrogens with zero attached hydrogens (tertiary/aromatic N) is 2. The van der Waals surface area contributed by atoms with Crippen molar-refractivity contribution in [2.24, 2.45) is 0 Å². The van der Waals surface area contributed by atoms with Gasteiger partial charge < -0.3 is 4.74 Å². The molecule has 0 aliphatic rings. The monoisotopic (exact) mass is 302 g/mol. The molecule has 2 aromatic rings. The van der Waals surface area contributed by atoms with Crippen molar-refractivity contribution in [3.05, 3.63) is 54.6 Å². The predicted octanol–water partition coefficient (Wildman–Crippen LogP) is 2.41. The number of para-hydroxylation sites is 1. The van der Waals surface area contributed by atoms with Crippen LogP contribution >= 0.6 is 0 Å². The van der Waals surface area contributed by atoms with E-state index < -0.39 is 10.0 Å². The number of benzene rings is 2. The molecule has 0 fully saturated rings. The first-order chi connectivity index (χ1) is 10.1. The standard InChI is InChI=1S/C15H14N2O3S/c1-17(13-5-3-2-4-6-13)21(18,19)15-9-7-14(8-10-15)20-12-11-16/h2-10H,12H2,1H3. The van der Waals surface area contributed by atoms with Gasteiger partial charge >= 0.3 is 0 Å². The van der Waals surface area contributed by atoms with Crippen LogP contribution < -0.4 is 9.04 Å². The molecule has 108 valence electrons. The van der Waals surface area contributed by atoms with Crippen LogP contribution in [0.4, 0.5) is 5.69 Å². The van der Waals surface area contributed by atoms with Crippen LogP contribution in [0.2, 0.25) is 0 Å². The highest BCUT2D eigenvalue weighted by Crippen LogP contribution is 2.23. The summed E-state index contributed by atoms with van der Waals surface area (Å²) in [6, 6.07) is 16.7. The van der Waals surface area contributed by atoms with Crippen molar-refractivity contribution in [2.75, 3.05) is 18.0 Å². The lowest BCUT2D eigenvalue weighted by Crippen LogP contribution is -2.26. The summed E-state index contributed by atoms with van der Waals surface area (Å²) in [7, 11) is -2.11. The van der Waals surface area contributed by atoms with Gasteiger partial charge in [-0.05, 0) is 36.4 Å². The summed E-state index contributed by atoms with van der Waals surface area (Å²) in [5, 5.41) is 8.43. The Balaban J connectivity index is 2.26. The zero-order valence-corrected chi connectivity index (χ0v) is 12.2. The Kier molecular flexibility index (Phi) is 4.45. The fourth-order valence-electron chi connectivity index (χ4n) is 1.76. The Hall–Kier alpha value is -2.52. The lowest BCUT2D eigenvalue weighted by Gasteiger charge is -2.19. The molecule has 0 bridgehead atoms. The maximum atomic E-state index is 12.5. The lowest BCUT2D eigenvalue weighted by molar-refractivity contribution is 0.368. The fourth-order valence-corrected chi connectivity index (χ4v) is 2.95. The summed E-state index contributed by atoms with van der Waals surface area (Å²) in [6.07, 6.45) is 0. The van der Waals surface area contributed by atoms with Crippen molar-refractivity contribution in [2.45, 2.75) is 4.90 Å². The SMILES string of the molecule is CN(c1ccccc1)S(=O)(=O)c1ccc(OCC#N)cc1. The van der Waals surface area contributed by atoms with E-state index in [9.17, 15) is 8.42 Å². The van der Waals surface area contributed by atoms with E-state index in [0.717, 1.165) is 0 Å². The van der Waals surface area contributed by atoms with Crippen LogP contribution in [0, 0.1) is 11.3 Å². The number of sulfonamides is 1. The summed E-state index contributed by atoms with van der Waals surface area (Å²) in [5.41, 5.74) is 0.585. The minimum Gasteiger partial charge on any atom is -0.479 e. The highest BCUT2D eigenvalue weighted by molar-refractivity contribution is 7.92. The molecule has 0 aliphatic heterocycles. The van der Waals surface area contributed by atoms with Crippen LogP contribution in [-0.4, -0.2) is 22.1 Å². The van der Waals surface area contributed by atoms with Gasteiger partial charge in [-0.25, -0.2) is 8.42 Å². The third kappa shape index (κ3) is 3.33. The molecule has 0 heterocycles. The molecule has 0 aromatic heterocycles. The smallest absolute Gasteiger partial charge is 0.264 e. The number of hydrogen-bond acceptors (Lipinski definition) is 4. The molecule has 0 spiro atoms. The molecule has 5 nitrogen and oxygen atoms in total. The van der Waals surface area contributed by atoms with Crippen LogP contribution in [0.25, 0.3) is 0 Å². The second kappa shape index (κ2) is 6.29. The summed E-state index contributed by atoms with van der Waals surface area (Å²) >= 11 is 0. The van der Waals surface area contributed by atoms with E-state index in [0.29, 0.717) is 11.4 Å². The first-order valence-corrected chi connectivity index (χ1v) is 7.63. The van der Waals surface area contributed by atoms with E-state index in [1.54, 1.807) is 24.3 Å². The minimum atomic E-state index is -3.62. The maximum Gasteiger partial charge on any atom is 0.264 e. The third-order valence-corrected chi connectivity index (χ3v) is 4.71. The normalized spacial score (nSPS) is 10.7. The van der Waals surface area contributed by atoms with Crippen molar-refractivity contribution >= 4 is 15.7 Å². The lowest BCUT2D eigenvalue weighted by atomic mass is 10.3. The Morgan fingerprint density at radius 2 is 1.71 bits per heavy atom. The second-order valence-corrected chi connectivity index (χ2v) is 6.20. The van der Waals surface area contributed by atoms with Gasteiger partial charge in [0, 0.05) is 7.05 Å². The van der Waals surface area contributed by atoms with Gasteiger partial charge in [-0.1, -0.05) is 18.2 Å². The van der Waals surface area contributed by atoms with Crippen molar-refractivity contribution in [3.8, 4) is 11.8 Å². The molecule has 0 radical (unpaired) electrons. The molecular weight excluding hydrogens is 288 g/mol. The molecule has 0 N–H and O–H groups in total. The molecule has 0 aliphatic carbocycles. The maximum absolute atomic E-state index is 12.5. The van der Waals surface area contributed by atoms with Gasteiger partial charge in [-0.3, -0.25) is 4.31 Å². The van der Waals surface area contributed by atoms with E-state index in [4.69, 9.17) is 10.00 Å². The van der Waals surface area contributed by atoms with Crippen LogP contribution in [-0.2, 0) is 10.0 Å². The molecule has 0 unspecified atom stereocenters. The van der Waals surface area contributed by atoms with E-state index in [1.165, 1.54) is 35.6 Å². The molecule has 2 rings (SSSR count). The summed E-state index contributed by atoms with van der Waals surface area (Å²) < 4.78 is 31.3. The molecule has 0 atom stereocenters. The van der Waals surface area contributed by atoms with E-state index in [-0.39, 0.29) is 11.5 Å². The quantitative estimate of drug-likeness (QED) is 0.850. The first-order valence-electron chi connectivity index (χ1n) is 6.19. The first kappa shape index (κ1) is 14.9. The number of hydrogen-bond donors (Lipinski definition) is 0. The van der Waals surface area contributed by atoms with Gasteiger partial charge in [0.2, 0.25) is 0 Å². The zero-order chi connectivity index (χ0) is 15.3. The number of anilines is 1. The van der Waals surface area contributed by atoms with Gasteiger partial charge in [0.05, 0.1) is 10.6 Å². The van der Waals surface area contributed by atoms with Crippen LogP contribution in [0.15, 0.2) is 59.5 Å². The fraction of sp³-hybridized carbons (Fsp3) is 0.133. The molecule has 2 aromatic carbocycles.